The summed E-state index contributed by atoms with van der Waals surface area (Å²) in [5.41, 5.74) is 0.777. The van der Waals surface area contributed by atoms with Gasteiger partial charge < -0.3 is 10.1 Å². The molecule has 5 heteroatoms. The number of aromatic nitrogens is 1. The van der Waals surface area contributed by atoms with Crippen LogP contribution in [0, 0.1) is 0 Å². The summed E-state index contributed by atoms with van der Waals surface area (Å²) in [6.45, 7) is 0. The molecule has 1 heterocycles. The highest BCUT2D eigenvalue weighted by atomic mass is 32.2. The largest absolute Gasteiger partial charge is 0.497 e. The Kier molecular flexibility index (Phi) is 5.43. The number of amides is 1. The zero-order valence-electron chi connectivity index (χ0n) is 11.2. The molecule has 104 valence electrons. The first-order chi connectivity index (χ1) is 9.78. The van der Waals surface area contributed by atoms with Gasteiger partial charge in [0, 0.05) is 24.1 Å². The number of hydrogen-bond donors (Lipinski definition) is 1. The van der Waals surface area contributed by atoms with E-state index in [1.54, 1.807) is 25.1 Å². The van der Waals surface area contributed by atoms with Crippen LogP contribution < -0.4 is 10.1 Å². The molecule has 0 aliphatic heterocycles. The molecular formula is C15H16N2O2S. The lowest BCUT2D eigenvalue weighted by atomic mass is 10.3. The molecule has 0 aliphatic rings. The number of carbonyl (C=O) groups excluding carboxylic acids is 1. The van der Waals surface area contributed by atoms with Crippen molar-refractivity contribution in [3.05, 3.63) is 48.7 Å². The van der Waals surface area contributed by atoms with Crippen LogP contribution in [0.5, 0.6) is 5.75 Å². The number of methoxy groups -OCH3 is 1. The van der Waals surface area contributed by atoms with Gasteiger partial charge >= 0.3 is 0 Å². The zero-order chi connectivity index (χ0) is 14.2. The first kappa shape index (κ1) is 14.4. The van der Waals surface area contributed by atoms with Crippen molar-refractivity contribution in [3.63, 3.8) is 0 Å². The summed E-state index contributed by atoms with van der Waals surface area (Å²) in [5.74, 6) is 1.48. The standard InChI is InChI=1S/C15H16N2O2S/c1-19-13-7-5-12(6-8-13)17-14(18)9-11-20-15-4-2-3-10-16-15/h2-8,10H,9,11H2,1H3,(H,17,18). The second kappa shape index (κ2) is 7.55. The monoisotopic (exact) mass is 288 g/mol. The van der Waals surface area contributed by atoms with E-state index in [1.165, 1.54) is 0 Å². The van der Waals surface area contributed by atoms with Gasteiger partial charge in [0.05, 0.1) is 12.1 Å². The van der Waals surface area contributed by atoms with Gasteiger partial charge in [-0.15, -0.1) is 11.8 Å². The Morgan fingerprint density at radius 1 is 1.25 bits per heavy atom. The maximum Gasteiger partial charge on any atom is 0.225 e. The summed E-state index contributed by atoms with van der Waals surface area (Å²) in [7, 11) is 1.61. The Labute approximate surface area is 122 Å². The normalized spacial score (nSPS) is 10.1. The number of benzene rings is 1. The molecule has 0 unspecified atom stereocenters. The van der Waals surface area contributed by atoms with E-state index in [0.717, 1.165) is 16.5 Å². The fraction of sp³-hybridized carbons (Fsp3) is 0.200. The van der Waals surface area contributed by atoms with Gasteiger partial charge in [-0.05, 0) is 36.4 Å². The number of nitrogens with one attached hydrogen (secondary N) is 1. The molecule has 1 amide bonds. The highest BCUT2D eigenvalue weighted by molar-refractivity contribution is 7.99. The van der Waals surface area contributed by atoms with Crippen LogP contribution in [-0.2, 0) is 4.79 Å². The molecule has 1 aromatic carbocycles. The number of carbonyl (C=O) groups is 1. The quantitative estimate of drug-likeness (QED) is 0.829. The van der Waals surface area contributed by atoms with Gasteiger partial charge in [-0.2, -0.15) is 0 Å². The fourth-order valence-corrected chi connectivity index (χ4v) is 2.39. The van der Waals surface area contributed by atoms with E-state index in [1.807, 2.05) is 42.5 Å². The van der Waals surface area contributed by atoms with E-state index >= 15 is 0 Å². The van der Waals surface area contributed by atoms with Gasteiger partial charge in [0.2, 0.25) is 5.91 Å². The topological polar surface area (TPSA) is 51.2 Å². The van der Waals surface area contributed by atoms with Gasteiger partial charge in [-0.3, -0.25) is 4.79 Å². The van der Waals surface area contributed by atoms with E-state index in [0.29, 0.717) is 12.2 Å². The summed E-state index contributed by atoms with van der Waals surface area (Å²) in [6, 6.07) is 13.0. The van der Waals surface area contributed by atoms with Gasteiger partial charge in [-0.1, -0.05) is 6.07 Å². The smallest absolute Gasteiger partial charge is 0.225 e. The predicted octanol–water partition coefficient (Wildman–Crippen LogP) is 3.21. The summed E-state index contributed by atoms with van der Waals surface area (Å²) in [6.07, 6.45) is 2.20. The SMILES string of the molecule is COc1ccc(NC(=O)CCSc2ccccn2)cc1. The molecule has 4 nitrogen and oxygen atoms in total. The van der Waals surface area contributed by atoms with Crippen molar-refractivity contribution < 1.29 is 9.53 Å². The van der Waals surface area contributed by atoms with Crippen molar-refractivity contribution in [1.29, 1.82) is 0 Å². The molecule has 0 saturated carbocycles. The summed E-state index contributed by atoms with van der Waals surface area (Å²) in [4.78, 5) is 16.0. The number of rotatable bonds is 6. The van der Waals surface area contributed by atoms with Crippen LogP contribution in [-0.4, -0.2) is 23.8 Å². The first-order valence-electron chi connectivity index (χ1n) is 6.25. The maximum absolute atomic E-state index is 11.8. The minimum atomic E-state index is -0.00130. The fourth-order valence-electron chi connectivity index (χ4n) is 1.58. The number of hydrogen-bond acceptors (Lipinski definition) is 4. The highest BCUT2D eigenvalue weighted by Crippen LogP contribution is 2.17. The minimum Gasteiger partial charge on any atom is -0.497 e. The highest BCUT2D eigenvalue weighted by Gasteiger charge is 2.03. The molecule has 0 fully saturated rings. The first-order valence-corrected chi connectivity index (χ1v) is 7.24. The Bertz CT molecular complexity index is 544. The van der Waals surface area contributed by atoms with Crippen molar-refractivity contribution >= 4 is 23.4 Å². The number of thioether (sulfide) groups is 1. The second-order valence-electron chi connectivity index (χ2n) is 4.04. The summed E-state index contributed by atoms with van der Waals surface area (Å²) < 4.78 is 5.07. The van der Waals surface area contributed by atoms with Gasteiger partial charge in [-0.25, -0.2) is 4.98 Å². The van der Waals surface area contributed by atoms with Crippen molar-refractivity contribution in [2.24, 2.45) is 0 Å². The second-order valence-corrected chi connectivity index (χ2v) is 5.16. The van der Waals surface area contributed by atoms with Crippen molar-refractivity contribution in [2.75, 3.05) is 18.2 Å². The van der Waals surface area contributed by atoms with E-state index in [2.05, 4.69) is 10.3 Å². The zero-order valence-corrected chi connectivity index (χ0v) is 12.0. The van der Waals surface area contributed by atoms with Crippen molar-refractivity contribution in [1.82, 2.24) is 4.98 Å². The van der Waals surface area contributed by atoms with Crippen molar-refractivity contribution in [2.45, 2.75) is 11.4 Å². The van der Waals surface area contributed by atoms with Crippen LogP contribution in [0.3, 0.4) is 0 Å². The molecule has 1 aromatic heterocycles. The molecule has 20 heavy (non-hydrogen) atoms. The van der Waals surface area contributed by atoms with Gasteiger partial charge in [0.1, 0.15) is 5.75 Å². The summed E-state index contributed by atoms with van der Waals surface area (Å²) >= 11 is 1.57. The lowest BCUT2D eigenvalue weighted by Gasteiger charge is -2.06. The van der Waals surface area contributed by atoms with E-state index in [-0.39, 0.29) is 5.91 Å². The molecule has 1 N–H and O–H groups in total. The average molecular weight is 288 g/mol. The molecule has 2 rings (SSSR count). The molecule has 2 aromatic rings. The lowest BCUT2D eigenvalue weighted by Crippen LogP contribution is -2.12. The third kappa shape index (κ3) is 4.59. The predicted molar refractivity (Wildman–Crippen MR) is 81.2 cm³/mol. The molecule has 0 radical (unpaired) electrons. The van der Waals surface area contributed by atoms with Crippen LogP contribution in [0.4, 0.5) is 5.69 Å². The van der Waals surface area contributed by atoms with E-state index in [4.69, 9.17) is 4.74 Å². The Morgan fingerprint density at radius 2 is 2.05 bits per heavy atom. The van der Waals surface area contributed by atoms with Crippen LogP contribution in [0.1, 0.15) is 6.42 Å². The number of anilines is 1. The molecule has 0 aliphatic carbocycles. The lowest BCUT2D eigenvalue weighted by molar-refractivity contribution is -0.115. The number of ether oxygens (including phenoxy) is 1. The molecular weight excluding hydrogens is 272 g/mol. The third-order valence-corrected chi connectivity index (χ3v) is 3.54. The Hall–Kier alpha value is -2.01. The summed E-state index contributed by atoms with van der Waals surface area (Å²) in [5, 5.41) is 3.79. The average Bonchev–Trinajstić information content (AvgIpc) is 2.49. The molecule has 0 atom stereocenters. The number of nitrogens with zero attached hydrogens (tertiary/aromatic N) is 1. The van der Waals surface area contributed by atoms with Gasteiger partial charge in [0.25, 0.3) is 0 Å². The van der Waals surface area contributed by atoms with Crippen LogP contribution in [0.15, 0.2) is 53.7 Å². The van der Waals surface area contributed by atoms with Crippen LogP contribution >= 0.6 is 11.8 Å². The van der Waals surface area contributed by atoms with Crippen LogP contribution in [0.25, 0.3) is 0 Å². The Balaban J connectivity index is 1.74. The van der Waals surface area contributed by atoms with Gasteiger partial charge in [0.15, 0.2) is 0 Å². The third-order valence-electron chi connectivity index (χ3n) is 2.59. The Morgan fingerprint density at radius 3 is 2.70 bits per heavy atom. The minimum absolute atomic E-state index is 0.00130. The maximum atomic E-state index is 11.8. The molecule has 0 bridgehead atoms. The molecule has 0 saturated heterocycles. The van der Waals surface area contributed by atoms with E-state index < -0.39 is 0 Å². The van der Waals surface area contributed by atoms with E-state index in [9.17, 15) is 4.79 Å². The number of pyridine rings is 1. The molecule has 0 spiro atoms. The van der Waals surface area contributed by atoms with Crippen molar-refractivity contribution in [3.8, 4) is 5.75 Å². The van der Waals surface area contributed by atoms with Crippen LogP contribution in [0.2, 0.25) is 0 Å².